The summed E-state index contributed by atoms with van der Waals surface area (Å²) in [4.78, 5) is 30.6. The molecule has 0 aliphatic rings. The first kappa shape index (κ1) is 29.7. The molecule has 2 heterocycles. The van der Waals surface area contributed by atoms with E-state index in [4.69, 9.17) is 14.6 Å². The number of nitrogens with zero attached hydrogens (tertiary/aromatic N) is 4. The lowest BCUT2D eigenvalue weighted by atomic mass is 10.1. The van der Waals surface area contributed by atoms with Crippen molar-refractivity contribution in [3.63, 3.8) is 0 Å². The summed E-state index contributed by atoms with van der Waals surface area (Å²) in [5.41, 5.74) is -2.49. The van der Waals surface area contributed by atoms with Crippen LogP contribution in [0.25, 0.3) is 11.2 Å². The van der Waals surface area contributed by atoms with E-state index in [0.29, 0.717) is 5.56 Å². The molecule has 4 aromatic rings. The Labute approximate surface area is 226 Å². The van der Waals surface area contributed by atoms with Gasteiger partial charge in [-0.1, -0.05) is 18.2 Å². The lowest BCUT2D eigenvalue weighted by Gasteiger charge is -2.13. The molecule has 0 spiro atoms. The summed E-state index contributed by atoms with van der Waals surface area (Å²) < 4.78 is 95.2. The number of rotatable bonds is 10. The van der Waals surface area contributed by atoms with Crippen LogP contribution in [0.15, 0.2) is 58.1 Å². The van der Waals surface area contributed by atoms with E-state index in [9.17, 15) is 35.9 Å². The normalized spacial score (nSPS) is 12.2. The Kier molecular flexibility index (Phi) is 8.44. The SMILES string of the molecule is Cn1c(=O)n(CCOCCO)c(=O)c2c1nc(Oc1cccc(OC(F)(F)F)c1)n2Cc1ccc(C(F)(F)F)cc1. The zero-order valence-electron chi connectivity index (χ0n) is 21.2. The van der Waals surface area contributed by atoms with Gasteiger partial charge in [-0.15, -0.1) is 13.2 Å². The molecular formula is C25H22F6N4O6. The highest BCUT2D eigenvalue weighted by Crippen LogP contribution is 2.31. The Hall–Kier alpha value is -4.31. The Morgan fingerprint density at radius 3 is 2.24 bits per heavy atom. The van der Waals surface area contributed by atoms with Crippen molar-refractivity contribution in [3.05, 3.63) is 80.5 Å². The summed E-state index contributed by atoms with van der Waals surface area (Å²) in [5.74, 6) is -0.767. The van der Waals surface area contributed by atoms with Crippen molar-refractivity contribution in [1.82, 2.24) is 18.7 Å². The largest absolute Gasteiger partial charge is 0.573 e. The first-order valence-corrected chi connectivity index (χ1v) is 11.9. The molecule has 2 aromatic carbocycles. The number of aliphatic hydroxyl groups excluding tert-OH is 1. The highest BCUT2D eigenvalue weighted by atomic mass is 19.4. The zero-order chi connectivity index (χ0) is 29.9. The number of hydrogen-bond donors (Lipinski definition) is 1. The van der Waals surface area contributed by atoms with Crippen LogP contribution in [0, 0.1) is 0 Å². The Balaban J connectivity index is 1.83. The predicted octanol–water partition coefficient (Wildman–Crippen LogP) is 3.66. The number of ether oxygens (including phenoxy) is 3. The van der Waals surface area contributed by atoms with Gasteiger partial charge in [-0.25, -0.2) is 4.79 Å². The first-order valence-electron chi connectivity index (χ1n) is 11.9. The molecule has 0 aliphatic carbocycles. The molecule has 0 saturated carbocycles. The fourth-order valence-corrected chi connectivity index (χ4v) is 3.92. The van der Waals surface area contributed by atoms with Crippen LogP contribution in [-0.2, 0) is 31.1 Å². The second-order valence-corrected chi connectivity index (χ2v) is 8.61. The zero-order valence-corrected chi connectivity index (χ0v) is 21.2. The molecule has 4 rings (SSSR count). The highest BCUT2D eigenvalue weighted by Gasteiger charge is 2.32. The molecule has 41 heavy (non-hydrogen) atoms. The molecule has 0 bridgehead atoms. The first-order chi connectivity index (χ1) is 19.3. The molecule has 0 fully saturated rings. The van der Waals surface area contributed by atoms with Gasteiger partial charge in [-0.05, 0) is 29.8 Å². The average molecular weight is 588 g/mol. The fraction of sp³-hybridized carbons (Fsp3) is 0.320. The maximum absolute atomic E-state index is 13.5. The van der Waals surface area contributed by atoms with Gasteiger partial charge in [0.15, 0.2) is 11.2 Å². The van der Waals surface area contributed by atoms with Crippen LogP contribution in [0.1, 0.15) is 11.1 Å². The van der Waals surface area contributed by atoms with Crippen molar-refractivity contribution in [2.24, 2.45) is 7.05 Å². The topological polar surface area (TPSA) is 110 Å². The van der Waals surface area contributed by atoms with Gasteiger partial charge < -0.3 is 19.3 Å². The predicted molar refractivity (Wildman–Crippen MR) is 131 cm³/mol. The van der Waals surface area contributed by atoms with E-state index in [1.807, 2.05) is 0 Å². The highest BCUT2D eigenvalue weighted by molar-refractivity contribution is 5.72. The van der Waals surface area contributed by atoms with Gasteiger partial charge in [0.05, 0.1) is 38.5 Å². The van der Waals surface area contributed by atoms with E-state index in [2.05, 4.69) is 9.72 Å². The molecule has 2 aromatic heterocycles. The molecule has 10 nitrogen and oxygen atoms in total. The smallest absolute Gasteiger partial charge is 0.425 e. The second kappa shape index (κ2) is 11.7. The van der Waals surface area contributed by atoms with Crippen molar-refractivity contribution in [1.29, 1.82) is 0 Å². The summed E-state index contributed by atoms with van der Waals surface area (Å²) in [6.45, 7) is -0.847. The molecule has 1 N–H and O–H groups in total. The van der Waals surface area contributed by atoms with Gasteiger partial charge in [0.2, 0.25) is 0 Å². The van der Waals surface area contributed by atoms with Crippen LogP contribution in [0.4, 0.5) is 26.3 Å². The van der Waals surface area contributed by atoms with Gasteiger partial charge in [0.1, 0.15) is 11.5 Å². The second-order valence-electron chi connectivity index (χ2n) is 8.61. The van der Waals surface area contributed by atoms with Crippen molar-refractivity contribution >= 4 is 11.2 Å². The fourth-order valence-electron chi connectivity index (χ4n) is 3.92. The molecule has 0 aliphatic heterocycles. The molecule has 0 radical (unpaired) electrons. The number of alkyl halides is 6. The van der Waals surface area contributed by atoms with Gasteiger partial charge in [0.25, 0.3) is 5.56 Å². The Morgan fingerprint density at radius 2 is 1.61 bits per heavy atom. The van der Waals surface area contributed by atoms with E-state index in [1.165, 1.54) is 35.9 Å². The summed E-state index contributed by atoms with van der Waals surface area (Å²) in [5, 5.41) is 8.88. The molecular weight excluding hydrogens is 566 g/mol. The van der Waals surface area contributed by atoms with Gasteiger partial charge in [-0.3, -0.25) is 18.5 Å². The van der Waals surface area contributed by atoms with Crippen molar-refractivity contribution < 1.29 is 45.7 Å². The maximum Gasteiger partial charge on any atom is 0.573 e. The molecule has 0 amide bonds. The minimum absolute atomic E-state index is 0.0295. The Bertz CT molecular complexity index is 1640. The summed E-state index contributed by atoms with van der Waals surface area (Å²) in [6, 6.07) is 8.19. The van der Waals surface area contributed by atoms with Crippen LogP contribution in [0.2, 0.25) is 0 Å². The van der Waals surface area contributed by atoms with Crippen LogP contribution in [0.5, 0.6) is 17.5 Å². The van der Waals surface area contributed by atoms with Crippen LogP contribution in [0.3, 0.4) is 0 Å². The van der Waals surface area contributed by atoms with Crippen molar-refractivity contribution in [3.8, 4) is 17.5 Å². The summed E-state index contributed by atoms with van der Waals surface area (Å²) in [6.07, 6.45) is -9.55. The lowest BCUT2D eigenvalue weighted by molar-refractivity contribution is -0.274. The number of aromatic nitrogens is 4. The molecule has 220 valence electrons. The number of imidazole rings is 1. The number of benzene rings is 2. The number of fused-ring (bicyclic) bond motifs is 1. The van der Waals surface area contributed by atoms with Crippen LogP contribution in [-0.4, -0.2) is 50.0 Å². The van der Waals surface area contributed by atoms with E-state index >= 15 is 0 Å². The van der Waals surface area contributed by atoms with E-state index in [-0.39, 0.29) is 55.8 Å². The van der Waals surface area contributed by atoms with Crippen LogP contribution >= 0.6 is 0 Å². The lowest BCUT2D eigenvalue weighted by Crippen LogP contribution is -2.40. The summed E-state index contributed by atoms with van der Waals surface area (Å²) >= 11 is 0. The van der Waals surface area contributed by atoms with Crippen molar-refractivity contribution in [2.75, 3.05) is 19.8 Å². The number of halogens is 6. The molecule has 0 saturated heterocycles. The van der Waals surface area contributed by atoms with Crippen LogP contribution < -0.4 is 20.7 Å². The Morgan fingerprint density at radius 1 is 0.927 bits per heavy atom. The average Bonchev–Trinajstić information content (AvgIpc) is 3.23. The standard InChI is InChI=1S/C25H22F6N4O6/c1-33-20-19(21(37)34(23(33)38)9-11-39-12-10-36)35(14-15-5-7-16(8-6-15)24(26,27)28)22(32-20)40-17-3-2-4-18(13-17)41-25(29,30)31/h2-8,13,36H,9-12,14H2,1H3. The third-order valence-electron chi connectivity index (χ3n) is 5.76. The minimum atomic E-state index is -4.97. The maximum atomic E-state index is 13.5. The van der Waals surface area contributed by atoms with E-state index in [0.717, 1.165) is 33.4 Å². The third kappa shape index (κ3) is 6.89. The molecule has 0 atom stereocenters. The minimum Gasteiger partial charge on any atom is -0.425 e. The van der Waals surface area contributed by atoms with Crippen molar-refractivity contribution in [2.45, 2.75) is 25.6 Å². The number of hydrogen-bond acceptors (Lipinski definition) is 7. The number of aliphatic hydroxyl groups is 1. The van der Waals surface area contributed by atoms with Gasteiger partial charge >= 0.3 is 24.2 Å². The molecule has 0 unspecified atom stereocenters. The van der Waals surface area contributed by atoms with E-state index in [1.54, 1.807) is 0 Å². The molecule has 16 heteroatoms. The third-order valence-corrected chi connectivity index (χ3v) is 5.76. The monoisotopic (exact) mass is 588 g/mol. The van der Waals surface area contributed by atoms with Gasteiger partial charge in [0, 0.05) is 13.1 Å². The van der Waals surface area contributed by atoms with E-state index < -0.39 is 35.1 Å². The number of aryl methyl sites for hydroxylation is 1. The summed E-state index contributed by atoms with van der Waals surface area (Å²) in [7, 11) is 1.33. The quantitative estimate of drug-likeness (QED) is 0.223. The van der Waals surface area contributed by atoms with Gasteiger partial charge in [-0.2, -0.15) is 18.2 Å².